The van der Waals surface area contributed by atoms with Gasteiger partial charge < -0.3 is 0 Å². The van der Waals surface area contributed by atoms with E-state index in [0.717, 1.165) is 3.57 Å². The smallest absolute Gasteiger partial charge is 0.263 e. The average Bonchev–Trinajstić information content (AvgIpc) is 2.02. The number of sulfone groups is 1. The van der Waals surface area contributed by atoms with E-state index in [0.29, 0.717) is 0 Å². The van der Waals surface area contributed by atoms with Crippen LogP contribution in [-0.4, -0.2) is 19.2 Å². The van der Waals surface area contributed by atoms with Crippen LogP contribution in [0.3, 0.4) is 0 Å². The Morgan fingerprint density at radius 3 is 2.21 bits per heavy atom. The predicted octanol–water partition coefficient (Wildman–Crippen LogP) is 1.30. The van der Waals surface area contributed by atoms with Crippen molar-refractivity contribution in [3.63, 3.8) is 0 Å². The van der Waals surface area contributed by atoms with Gasteiger partial charge in [-0.25, -0.2) is 8.42 Å². The van der Waals surface area contributed by atoms with Crippen LogP contribution in [0.25, 0.3) is 0 Å². The van der Waals surface area contributed by atoms with Crippen LogP contribution >= 0.6 is 22.6 Å². The molecule has 0 aliphatic heterocycles. The van der Waals surface area contributed by atoms with Gasteiger partial charge in [-0.1, -0.05) is 0 Å². The number of nitro groups is 1. The summed E-state index contributed by atoms with van der Waals surface area (Å²) in [6.45, 7) is 0. The molecule has 7 heteroatoms. The van der Waals surface area contributed by atoms with Gasteiger partial charge in [0.05, 0.1) is 4.90 Å². The third kappa shape index (κ3) is 2.91. The first kappa shape index (κ1) is 11.4. The van der Waals surface area contributed by atoms with Crippen molar-refractivity contribution in [3.05, 3.63) is 37.9 Å². The first-order valence-electron chi connectivity index (χ1n) is 3.52. The molecule has 0 amide bonds. The van der Waals surface area contributed by atoms with E-state index in [1.807, 2.05) is 22.6 Å². The Labute approximate surface area is 94.3 Å². The molecule has 0 spiro atoms. The molecule has 1 aromatic rings. The van der Waals surface area contributed by atoms with Crippen LogP contribution in [0.15, 0.2) is 29.2 Å². The van der Waals surface area contributed by atoms with Crippen molar-refractivity contribution < 1.29 is 13.3 Å². The standard InChI is InChI=1S/C7H6INO4S/c8-6-1-3-7(4-2-6)14(12,13)5-9(10)11/h1-4H,5H2. The van der Waals surface area contributed by atoms with Crippen LogP contribution in [0.5, 0.6) is 0 Å². The van der Waals surface area contributed by atoms with Gasteiger partial charge in [0.2, 0.25) is 9.84 Å². The van der Waals surface area contributed by atoms with E-state index in [9.17, 15) is 18.5 Å². The van der Waals surface area contributed by atoms with E-state index in [1.54, 1.807) is 12.1 Å². The third-order valence-corrected chi connectivity index (χ3v) is 3.71. The quantitative estimate of drug-likeness (QED) is 0.476. The van der Waals surface area contributed by atoms with Gasteiger partial charge >= 0.3 is 5.88 Å². The van der Waals surface area contributed by atoms with Crippen LogP contribution in [-0.2, 0) is 9.84 Å². The molecule has 0 aromatic heterocycles. The zero-order valence-electron chi connectivity index (χ0n) is 6.88. The fraction of sp³-hybridized carbons (Fsp3) is 0.143. The maximum absolute atomic E-state index is 11.3. The molecule has 1 aromatic carbocycles. The second-order valence-electron chi connectivity index (χ2n) is 2.53. The highest BCUT2D eigenvalue weighted by molar-refractivity contribution is 14.1. The number of rotatable bonds is 3. The van der Waals surface area contributed by atoms with Crippen molar-refractivity contribution in [1.82, 2.24) is 0 Å². The molecular formula is C7H6INO4S. The summed E-state index contributed by atoms with van der Waals surface area (Å²) in [7, 11) is -3.78. The molecule has 0 saturated carbocycles. The van der Waals surface area contributed by atoms with Crippen molar-refractivity contribution in [3.8, 4) is 0 Å². The minimum Gasteiger partial charge on any atom is -0.263 e. The zero-order valence-corrected chi connectivity index (χ0v) is 9.86. The predicted molar refractivity (Wildman–Crippen MR) is 58.2 cm³/mol. The summed E-state index contributed by atoms with van der Waals surface area (Å²) in [5.74, 6) is -1.06. The zero-order chi connectivity index (χ0) is 10.8. The highest BCUT2D eigenvalue weighted by atomic mass is 127. The fourth-order valence-electron chi connectivity index (χ4n) is 0.855. The van der Waals surface area contributed by atoms with E-state index >= 15 is 0 Å². The Balaban J connectivity index is 3.05. The largest absolute Gasteiger partial charge is 0.305 e. The van der Waals surface area contributed by atoms with Crippen molar-refractivity contribution in [1.29, 1.82) is 0 Å². The minimum absolute atomic E-state index is 0.0189. The molecule has 5 nitrogen and oxygen atoms in total. The summed E-state index contributed by atoms with van der Waals surface area (Å²) in [5.41, 5.74) is 0. The van der Waals surface area contributed by atoms with E-state index in [4.69, 9.17) is 0 Å². The summed E-state index contributed by atoms with van der Waals surface area (Å²) in [6.07, 6.45) is 0. The number of hydrogen-bond acceptors (Lipinski definition) is 4. The topological polar surface area (TPSA) is 77.3 Å². The monoisotopic (exact) mass is 327 g/mol. The average molecular weight is 327 g/mol. The molecule has 0 atom stereocenters. The van der Waals surface area contributed by atoms with Gasteiger partial charge in [-0.2, -0.15) is 0 Å². The van der Waals surface area contributed by atoms with E-state index in [2.05, 4.69) is 0 Å². The number of hydrogen-bond donors (Lipinski definition) is 0. The highest BCUT2D eigenvalue weighted by Crippen LogP contribution is 2.13. The maximum atomic E-state index is 11.3. The summed E-state index contributed by atoms with van der Waals surface area (Å²) in [5, 5.41) is 10.1. The molecule has 0 aliphatic carbocycles. The second-order valence-corrected chi connectivity index (χ2v) is 5.74. The summed E-state index contributed by atoms with van der Waals surface area (Å²) >= 11 is 2.02. The Kier molecular flexibility index (Phi) is 3.43. The molecular weight excluding hydrogens is 321 g/mol. The molecule has 0 heterocycles. The molecule has 0 saturated heterocycles. The molecule has 0 unspecified atom stereocenters. The van der Waals surface area contributed by atoms with E-state index < -0.39 is 20.6 Å². The Morgan fingerprint density at radius 2 is 1.79 bits per heavy atom. The van der Waals surface area contributed by atoms with Crippen LogP contribution in [0.2, 0.25) is 0 Å². The second kappa shape index (κ2) is 4.22. The van der Waals surface area contributed by atoms with Gasteiger partial charge in [0, 0.05) is 8.49 Å². The number of benzene rings is 1. The highest BCUT2D eigenvalue weighted by Gasteiger charge is 2.20. The first-order valence-corrected chi connectivity index (χ1v) is 6.25. The van der Waals surface area contributed by atoms with Crippen molar-refractivity contribution >= 4 is 32.4 Å². The van der Waals surface area contributed by atoms with Crippen LogP contribution in [0.4, 0.5) is 0 Å². The van der Waals surface area contributed by atoms with Crippen molar-refractivity contribution in [2.75, 3.05) is 5.88 Å². The lowest BCUT2D eigenvalue weighted by Crippen LogP contribution is -2.14. The number of halogens is 1. The molecule has 0 N–H and O–H groups in total. The Morgan fingerprint density at radius 1 is 1.29 bits per heavy atom. The van der Waals surface area contributed by atoms with Gasteiger partial charge in [0.1, 0.15) is 0 Å². The lowest BCUT2D eigenvalue weighted by atomic mass is 10.4. The Bertz CT molecular complexity index is 439. The van der Waals surface area contributed by atoms with Gasteiger partial charge in [-0.05, 0) is 46.9 Å². The first-order chi connectivity index (χ1) is 6.42. The van der Waals surface area contributed by atoms with Gasteiger partial charge in [0.15, 0.2) is 0 Å². The minimum atomic E-state index is -3.78. The van der Waals surface area contributed by atoms with E-state index in [1.165, 1.54) is 12.1 Å². The molecule has 1 rings (SSSR count). The summed E-state index contributed by atoms with van der Waals surface area (Å²) in [4.78, 5) is 9.21. The van der Waals surface area contributed by atoms with E-state index in [-0.39, 0.29) is 4.90 Å². The molecule has 0 aliphatic rings. The summed E-state index contributed by atoms with van der Waals surface area (Å²) < 4.78 is 23.5. The van der Waals surface area contributed by atoms with Crippen LogP contribution < -0.4 is 0 Å². The molecule has 0 bridgehead atoms. The molecule has 76 valence electrons. The lowest BCUT2D eigenvalue weighted by molar-refractivity contribution is -0.458. The van der Waals surface area contributed by atoms with Gasteiger partial charge in [0.25, 0.3) is 0 Å². The molecule has 0 fully saturated rings. The normalized spacial score (nSPS) is 11.2. The van der Waals surface area contributed by atoms with Crippen LogP contribution in [0, 0.1) is 13.7 Å². The maximum Gasteiger partial charge on any atom is 0.305 e. The molecule has 14 heavy (non-hydrogen) atoms. The van der Waals surface area contributed by atoms with Crippen molar-refractivity contribution in [2.45, 2.75) is 4.90 Å². The lowest BCUT2D eigenvalue weighted by Gasteiger charge is -1.99. The third-order valence-electron chi connectivity index (χ3n) is 1.45. The fourth-order valence-corrected chi connectivity index (χ4v) is 2.19. The number of nitrogens with zero attached hydrogens (tertiary/aromatic N) is 1. The summed E-state index contributed by atoms with van der Waals surface area (Å²) in [6, 6.07) is 5.90. The Hall–Kier alpha value is -0.700. The SMILES string of the molecule is O=[N+]([O-])CS(=O)(=O)c1ccc(I)cc1. The van der Waals surface area contributed by atoms with Gasteiger partial charge in [-0.15, -0.1) is 0 Å². The van der Waals surface area contributed by atoms with Crippen molar-refractivity contribution in [2.24, 2.45) is 0 Å². The van der Waals surface area contributed by atoms with Gasteiger partial charge in [-0.3, -0.25) is 10.1 Å². The van der Waals surface area contributed by atoms with Crippen LogP contribution in [0.1, 0.15) is 0 Å². The molecule has 0 radical (unpaired) electrons.